The van der Waals surface area contributed by atoms with Crippen LogP contribution in [0.4, 0.5) is 11.4 Å². The molecule has 27 heavy (non-hydrogen) atoms. The van der Waals surface area contributed by atoms with Crippen molar-refractivity contribution in [3.63, 3.8) is 0 Å². The van der Waals surface area contributed by atoms with Crippen LogP contribution in [-0.4, -0.2) is 37.0 Å². The van der Waals surface area contributed by atoms with Gasteiger partial charge >= 0.3 is 0 Å². The van der Waals surface area contributed by atoms with Gasteiger partial charge < -0.3 is 10.2 Å². The Labute approximate surface area is 164 Å². The van der Waals surface area contributed by atoms with Crippen molar-refractivity contribution in [2.45, 2.75) is 40.7 Å². The van der Waals surface area contributed by atoms with Crippen LogP contribution in [0.1, 0.15) is 38.3 Å². The summed E-state index contributed by atoms with van der Waals surface area (Å²) < 4.78 is 0. The van der Waals surface area contributed by atoms with Gasteiger partial charge in [-0.3, -0.25) is 9.69 Å². The number of amides is 1. The van der Waals surface area contributed by atoms with E-state index in [0.29, 0.717) is 6.42 Å². The summed E-state index contributed by atoms with van der Waals surface area (Å²) in [5.41, 5.74) is 4.49. The Bertz CT molecular complexity index is 711. The van der Waals surface area contributed by atoms with Gasteiger partial charge in [0.05, 0.1) is 0 Å². The zero-order valence-corrected chi connectivity index (χ0v) is 17.2. The molecule has 0 aliphatic heterocycles. The van der Waals surface area contributed by atoms with Crippen molar-refractivity contribution >= 4 is 17.3 Å². The highest BCUT2D eigenvalue weighted by atomic mass is 16.1. The minimum atomic E-state index is 0.0696. The number of aryl methyl sites for hydroxylation is 1. The van der Waals surface area contributed by atoms with Gasteiger partial charge in [0.25, 0.3) is 0 Å². The Morgan fingerprint density at radius 1 is 0.963 bits per heavy atom. The van der Waals surface area contributed by atoms with Crippen LogP contribution in [0, 0.1) is 6.92 Å². The van der Waals surface area contributed by atoms with E-state index in [4.69, 9.17) is 0 Å². The van der Waals surface area contributed by atoms with Gasteiger partial charge in [-0.2, -0.15) is 0 Å². The second-order valence-electron chi connectivity index (χ2n) is 6.82. The summed E-state index contributed by atoms with van der Waals surface area (Å²) in [6.45, 7) is 13.0. The van der Waals surface area contributed by atoms with Crippen molar-refractivity contribution < 1.29 is 4.79 Å². The van der Waals surface area contributed by atoms with E-state index in [1.807, 2.05) is 12.1 Å². The van der Waals surface area contributed by atoms with Crippen LogP contribution in [0.15, 0.2) is 48.5 Å². The molecule has 0 bridgehead atoms. The first-order chi connectivity index (χ1) is 13.1. The van der Waals surface area contributed by atoms with Crippen LogP contribution in [0.5, 0.6) is 0 Å². The molecule has 0 unspecified atom stereocenters. The number of nitrogens with zero attached hydrogens (tertiary/aromatic N) is 2. The van der Waals surface area contributed by atoms with Crippen LogP contribution in [-0.2, 0) is 11.3 Å². The molecule has 0 fully saturated rings. The van der Waals surface area contributed by atoms with Gasteiger partial charge in [0.15, 0.2) is 0 Å². The van der Waals surface area contributed by atoms with Crippen molar-refractivity contribution in [1.29, 1.82) is 0 Å². The molecule has 2 aromatic carbocycles. The first-order valence-corrected chi connectivity index (χ1v) is 9.99. The predicted octanol–water partition coefficient (Wildman–Crippen LogP) is 4.69. The molecule has 0 saturated heterocycles. The molecule has 4 heteroatoms. The predicted molar refractivity (Wildman–Crippen MR) is 115 cm³/mol. The average molecular weight is 368 g/mol. The second-order valence-corrected chi connectivity index (χ2v) is 6.82. The molecule has 0 aliphatic rings. The van der Waals surface area contributed by atoms with Gasteiger partial charge in [-0.15, -0.1) is 0 Å². The monoisotopic (exact) mass is 367 g/mol. The highest BCUT2D eigenvalue weighted by Gasteiger charge is 2.10. The SMILES string of the molecule is CCN(CCC(=O)Nc1ccc(N(CC)CC)cc1C)Cc1ccccc1. The molecule has 0 radical (unpaired) electrons. The molecular formula is C23H33N3O. The van der Waals surface area contributed by atoms with Gasteiger partial charge in [0.2, 0.25) is 5.91 Å². The lowest BCUT2D eigenvalue weighted by Gasteiger charge is -2.22. The lowest BCUT2D eigenvalue weighted by molar-refractivity contribution is -0.116. The quantitative estimate of drug-likeness (QED) is 0.661. The summed E-state index contributed by atoms with van der Waals surface area (Å²) in [4.78, 5) is 17.0. The fourth-order valence-electron chi connectivity index (χ4n) is 3.24. The smallest absolute Gasteiger partial charge is 0.225 e. The Hall–Kier alpha value is -2.33. The molecule has 0 aromatic heterocycles. The lowest BCUT2D eigenvalue weighted by atomic mass is 10.1. The van der Waals surface area contributed by atoms with E-state index in [-0.39, 0.29) is 5.91 Å². The van der Waals surface area contributed by atoms with E-state index >= 15 is 0 Å². The maximum atomic E-state index is 12.4. The molecule has 146 valence electrons. The molecule has 0 heterocycles. The third kappa shape index (κ3) is 6.40. The third-order valence-electron chi connectivity index (χ3n) is 4.96. The number of nitrogens with one attached hydrogen (secondary N) is 1. The van der Waals surface area contributed by atoms with Gasteiger partial charge in [-0.25, -0.2) is 0 Å². The number of hydrogen-bond donors (Lipinski definition) is 1. The van der Waals surface area contributed by atoms with Gasteiger partial charge in [-0.05, 0) is 56.6 Å². The maximum absolute atomic E-state index is 12.4. The van der Waals surface area contributed by atoms with E-state index in [1.54, 1.807) is 0 Å². The number of carbonyl (C=O) groups excluding carboxylic acids is 1. The first-order valence-electron chi connectivity index (χ1n) is 9.99. The van der Waals surface area contributed by atoms with Crippen LogP contribution >= 0.6 is 0 Å². The summed E-state index contributed by atoms with van der Waals surface area (Å²) in [6, 6.07) is 16.7. The topological polar surface area (TPSA) is 35.6 Å². The van der Waals surface area contributed by atoms with Crippen molar-refractivity contribution in [3.05, 3.63) is 59.7 Å². The molecule has 0 aliphatic carbocycles. The Morgan fingerprint density at radius 2 is 1.67 bits per heavy atom. The first kappa shape index (κ1) is 21.0. The van der Waals surface area contributed by atoms with Gasteiger partial charge in [0.1, 0.15) is 0 Å². The summed E-state index contributed by atoms with van der Waals surface area (Å²) in [7, 11) is 0. The molecule has 0 atom stereocenters. The average Bonchev–Trinajstić information content (AvgIpc) is 2.69. The Balaban J connectivity index is 1.89. The van der Waals surface area contributed by atoms with Crippen molar-refractivity contribution in [2.24, 2.45) is 0 Å². The van der Waals surface area contributed by atoms with E-state index in [0.717, 1.165) is 44.0 Å². The number of hydrogen-bond acceptors (Lipinski definition) is 3. The van der Waals surface area contributed by atoms with Crippen LogP contribution in [0.25, 0.3) is 0 Å². The molecule has 1 amide bonds. The largest absolute Gasteiger partial charge is 0.372 e. The maximum Gasteiger partial charge on any atom is 0.225 e. The molecule has 2 rings (SSSR count). The van der Waals surface area contributed by atoms with Crippen molar-refractivity contribution in [1.82, 2.24) is 4.90 Å². The zero-order valence-electron chi connectivity index (χ0n) is 17.2. The Kier molecular flexibility index (Phi) is 8.34. The minimum absolute atomic E-state index is 0.0696. The minimum Gasteiger partial charge on any atom is -0.372 e. The molecule has 0 saturated carbocycles. The van der Waals surface area contributed by atoms with E-state index in [1.165, 1.54) is 11.3 Å². The number of rotatable bonds is 10. The highest BCUT2D eigenvalue weighted by molar-refractivity contribution is 5.91. The standard InChI is InChI=1S/C23H33N3O/c1-5-25(18-20-11-9-8-10-12-20)16-15-23(27)24-22-14-13-21(17-19(22)4)26(6-2)7-3/h8-14,17H,5-7,15-16,18H2,1-4H3,(H,24,27). The molecular weight excluding hydrogens is 334 g/mol. The van der Waals surface area contributed by atoms with Crippen molar-refractivity contribution in [3.8, 4) is 0 Å². The summed E-state index contributed by atoms with van der Waals surface area (Å²) in [5, 5.41) is 3.07. The molecule has 2 aromatic rings. The highest BCUT2D eigenvalue weighted by Crippen LogP contribution is 2.22. The van der Waals surface area contributed by atoms with Crippen LogP contribution in [0.3, 0.4) is 0 Å². The molecule has 0 spiro atoms. The van der Waals surface area contributed by atoms with Crippen LogP contribution < -0.4 is 10.2 Å². The molecule has 1 N–H and O–H groups in total. The van der Waals surface area contributed by atoms with E-state index < -0.39 is 0 Å². The van der Waals surface area contributed by atoms with Crippen molar-refractivity contribution in [2.75, 3.05) is 36.4 Å². The molecule has 4 nitrogen and oxygen atoms in total. The summed E-state index contributed by atoms with van der Waals surface area (Å²) in [5.74, 6) is 0.0696. The van der Waals surface area contributed by atoms with E-state index in [2.05, 4.69) is 79.2 Å². The van der Waals surface area contributed by atoms with E-state index in [9.17, 15) is 4.79 Å². The number of anilines is 2. The Morgan fingerprint density at radius 3 is 2.26 bits per heavy atom. The number of benzene rings is 2. The fraction of sp³-hybridized carbons (Fsp3) is 0.435. The summed E-state index contributed by atoms with van der Waals surface area (Å²) >= 11 is 0. The zero-order chi connectivity index (χ0) is 19.6. The van der Waals surface area contributed by atoms with Gasteiger partial charge in [-0.1, -0.05) is 37.3 Å². The third-order valence-corrected chi connectivity index (χ3v) is 4.96. The second kappa shape index (κ2) is 10.7. The van der Waals surface area contributed by atoms with Gasteiger partial charge in [0, 0.05) is 44.0 Å². The number of carbonyl (C=O) groups is 1. The normalized spacial score (nSPS) is 10.9. The fourth-order valence-corrected chi connectivity index (χ4v) is 3.24. The van der Waals surface area contributed by atoms with Crippen LogP contribution in [0.2, 0.25) is 0 Å². The lowest BCUT2D eigenvalue weighted by Crippen LogP contribution is -2.27. The summed E-state index contributed by atoms with van der Waals surface area (Å²) in [6.07, 6.45) is 0.498.